The summed E-state index contributed by atoms with van der Waals surface area (Å²) in [5, 5.41) is 7.03. The minimum atomic E-state index is 0.756. The van der Waals surface area contributed by atoms with Gasteiger partial charge in [0.15, 0.2) is 5.82 Å². The lowest BCUT2D eigenvalue weighted by molar-refractivity contribution is 1.05. The van der Waals surface area contributed by atoms with Crippen LogP contribution in [0.1, 0.15) is 5.69 Å². The Bertz CT molecular complexity index is 937. The third-order valence-corrected chi connectivity index (χ3v) is 3.80. The fraction of sp³-hybridized carbons (Fsp3) is 0.0556. The number of hydrogen-bond acceptors (Lipinski definition) is 3. The van der Waals surface area contributed by atoms with Gasteiger partial charge >= 0.3 is 0 Å². The van der Waals surface area contributed by atoms with Gasteiger partial charge in [-0.25, -0.2) is 4.98 Å². The van der Waals surface area contributed by atoms with Gasteiger partial charge in [-0.15, -0.1) is 0 Å². The Labute approximate surface area is 133 Å². The third-order valence-electron chi connectivity index (χ3n) is 3.80. The molecule has 2 N–H and O–H groups in total. The van der Waals surface area contributed by atoms with Crippen LogP contribution in [0.15, 0.2) is 61.1 Å². The minimum absolute atomic E-state index is 0.756. The second kappa shape index (κ2) is 5.53. The average Bonchev–Trinajstić information content (AvgIpc) is 3.25. The molecule has 0 fully saturated rings. The maximum atomic E-state index is 4.47. The van der Waals surface area contributed by atoms with E-state index in [9.17, 15) is 0 Å². The van der Waals surface area contributed by atoms with Crippen LogP contribution in [0.25, 0.3) is 33.9 Å². The van der Waals surface area contributed by atoms with Gasteiger partial charge in [0.2, 0.25) is 0 Å². The molecule has 5 nitrogen and oxygen atoms in total. The molecule has 0 bridgehead atoms. The number of aryl methyl sites for hydroxylation is 1. The van der Waals surface area contributed by atoms with Crippen LogP contribution in [0.2, 0.25) is 0 Å². The molecule has 0 aliphatic heterocycles. The molecule has 23 heavy (non-hydrogen) atoms. The van der Waals surface area contributed by atoms with Crippen molar-refractivity contribution in [3.05, 3.63) is 66.7 Å². The summed E-state index contributed by atoms with van der Waals surface area (Å²) >= 11 is 0. The smallest absolute Gasteiger partial charge is 0.156 e. The van der Waals surface area contributed by atoms with Gasteiger partial charge in [-0.3, -0.25) is 10.1 Å². The first-order valence-electron chi connectivity index (χ1n) is 7.38. The maximum Gasteiger partial charge on any atom is 0.156 e. The minimum Gasteiger partial charge on any atom is -0.337 e. The number of hydrogen-bond donors (Lipinski definition) is 2. The van der Waals surface area contributed by atoms with Crippen molar-refractivity contribution in [2.75, 3.05) is 0 Å². The van der Waals surface area contributed by atoms with Gasteiger partial charge < -0.3 is 4.98 Å². The summed E-state index contributed by atoms with van der Waals surface area (Å²) in [5.74, 6) is 0.756. The third kappa shape index (κ3) is 2.53. The Balaban J connectivity index is 1.72. The monoisotopic (exact) mass is 301 g/mol. The van der Waals surface area contributed by atoms with Gasteiger partial charge in [0.25, 0.3) is 0 Å². The van der Waals surface area contributed by atoms with Crippen LogP contribution in [-0.2, 0) is 0 Å². The Morgan fingerprint density at radius 3 is 2.57 bits per heavy atom. The van der Waals surface area contributed by atoms with Crippen LogP contribution in [0.4, 0.5) is 0 Å². The molecule has 5 heteroatoms. The summed E-state index contributed by atoms with van der Waals surface area (Å²) in [7, 11) is 0. The normalized spacial score (nSPS) is 10.8. The second-order valence-corrected chi connectivity index (χ2v) is 5.35. The molecule has 0 aliphatic rings. The van der Waals surface area contributed by atoms with E-state index in [4.69, 9.17) is 0 Å². The Morgan fingerprint density at radius 1 is 0.913 bits per heavy atom. The van der Waals surface area contributed by atoms with Crippen molar-refractivity contribution >= 4 is 0 Å². The summed E-state index contributed by atoms with van der Waals surface area (Å²) in [6, 6.07) is 14.1. The van der Waals surface area contributed by atoms with E-state index >= 15 is 0 Å². The van der Waals surface area contributed by atoms with Gasteiger partial charge in [-0.05, 0) is 30.2 Å². The van der Waals surface area contributed by atoms with Crippen LogP contribution >= 0.6 is 0 Å². The number of H-pyrrole nitrogens is 2. The zero-order chi connectivity index (χ0) is 15.6. The lowest BCUT2D eigenvalue weighted by Gasteiger charge is -2.02. The average molecular weight is 301 g/mol. The number of pyridine rings is 1. The van der Waals surface area contributed by atoms with Crippen molar-refractivity contribution in [3.8, 4) is 33.9 Å². The summed E-state index contributed by atoms with van der Waals surface area (Å²) < 4.78 is 0. The first-order valence-corrected chi connectivity index (χ1v) is 7.38. The number of rotatable bonds is 3. The van der Waals surface area contributed by atoms with Crippen LogP contribution in [0.3, 0.4) is 0 Å². The quantitative estimate of drug-likeness (QED) is 0.604. The first-order chi connectivity index (χ1) is 11.3. The van der Waals surface area contributed by atoms with Gasteiger partial charge in [0.1, 0.15) is 5.69 Å². The molecule has 4 aromatic rings. The molecule has 0 saturated heterocycles. The molecule has 0 spiro atoms. The molecule has 0 unspecified atom stereocenters. The molecule has 4 rings (SSSR count). The molecule has 0 aliphatic carbocycles. The van der Waals surface area contributed by atoms with Crippen LogP contribution < -0.4 is 0 Å². The van der Waals surface area contributed by atoms with E-state index < -0.39 is 0 Å². The van der Waals surface area contributed by atoms with Gasteiger partial charge in [-0.1, -0.05) is 30.3 Å². The highest BCUT2D eigenvalue weighted by Crippen LogP contribution is 2.26. The summed E-state index contributed by atoms with van der Waals surface area (Å²) in [5.41, 5.74) is 6.07. The van der Waals surface area contributed by atoms with Gasteiger partial charge in [0.05, 0.1) is 18.1 Å². The first kappa shape index (κ1) is 13.5. The molecule has 112 valence electrons. The predicted molar refractivity (Wildman–Crippen MR) is 89.6 cm³/mol. The fourth-order valence-corrected chi connectivity index (χ4v) is 2.59. The second-order valence-electron chi connectivity index (χ2n) is 5.35. The number of aromatic amines is 2. The molecule has 0 atom stereocenters. The molecule has 3 aromatic heterocycles. The topological polar surface area (TPSA) is 70.2 Å². The number of aromatic nitrogens is 5. The molecule has 0 saturated carbocycles. The lowest BCUT2D eigenvalue weighted by atomic mass is 10.1. The number of nitrogens with zero attached hydrogens (tertiary/aromatic N) is 3. The highest BCUT2D eigenvalue weighted by atomic mass is 15.1. The molecule has 0 amide bonds. The van der Waals surface area contributed by atoms with Crippen molar-refractivity contribution in [2.24, 2.45) is 0 Å². The van der Waals surface area contributed by atoms with Crippen molar-refractivity contribution in [1.29, 1.82) is 0 Å². The molecule has 0 radical (unpaired) electrons. The van der Waals surface area contributed by atoms with E-state index in [0.717, 1.165) is 39.6 Å². The zero-order valence-corrected chi connectivity index (χ0v) is 12.6. The van der Waals surface area contributed by atoms with E-state index in [1.54, 1.807) is 6.20 Å². The molecular formula is C18H15N5. The van der Waals surface area contributed by atoms with E-state index in [-0.39, 0.29) is 0 Å². The number of benzene rings is 1. The largest absolute Gasteiger partial charge is 0.337 e. The Kier molecular flexibility index (Phi) is 3.24. The molecule has 1 aromatic carbocycles. The van der Waals surface area contributed by atoms with Crippen molar-refractivity contribution < 1.29 is 0 Å². The predicted octanol–water partition coefficient (Wildman–Crippen LogP) is 3.84. The van der Waals surface area contributed by atoms with E-state index in [0.29, 0.717) is 0 Å². The summed E-state index contributed by atoms with van der Waals surface area (Å²) in [6.07, 6.45) is 5.45. The van der Waals surface area contributed by atoms with Crippen molar-refractivity contribution in [3.63, 3.8) is 0 Å². The summed E-state index contributed by atoms with van der Waals surface area (Å²) in [4.78, 5) is 12.2. The van der Waals surface area contributed by atoms with Crippen molar-refractivity contribution in [1.82, 2.24) is 25.1 Å². The van der Waals surface area contributed by atoms with Crippen LogP contribution in [0, 0.1) is 6.92 Å². The van der Waals surface area contributed by atoms with Crippen molar-refractivity contribution in [2.45, 2.75) is 6.92 Å². The Hall–Kier alpha value is -3.21. The lowest BCUT2D eigenvalue weighted by Crippen LogP contribution is -1.88. The molecular weight excluding hydrogens is 286 g/mol. The van der Waals surface area contributed by atoms with E-state index in [1.807, 2.05) is 49.6 Å². The van der Waals surface area contributed by atoms with E-state index in [2.05, 4.69) is 37.3 Å². The zero-order valence-electron chi connectivity index (χ0n) is 12.6. The Morgan fingerprint density at radius 2 is 1.78 bits per heavy atom. The SMILES string of the molecule is Cc1[nH]ncc1-c1ccnc(-c2ncc(-c3ccccc3)[nH]2)c1. The van der Waals surface area contributed by atoms with Crippen LogP contribution in [-0.4, -0.2) is 25.1 Å². The fourth-order valence-electron chi connectivity index (χ4n) is 2.59. The van der Waals surface area contributed by atoms with Gasteiger partial charge in [-0.2, -0.15) is 5.10 Å². The van der Waals surface area contributed by atoms with Gasteiger partial charge in [0, 0.05) is 17.5 Å². The standard InChI is InChI=1S/C18H15N5/c1-12-15(10-21-23-12)14-7-8-19-16(9-14)18-20-11-17(22-18)13-5-3-2-4-6-13/h2-11H,1H3,(H,20,22)(H,21,23). The van der Waals surface area contributed by atoms with E-state index in [1.165, 1.54) is 0 Å². The number of nitrogens with one attached hydrogen (secondary N) is 2. The highest BCUT2D eigenvalue weighted by molar-refractivity contribution is 5.70. The number of imidazole rings is 1. The van der Waals surface area contributed by atoms with Crippen LogP contribution in [0.5, 0.6) is 0 Å². The summed E-state index contributed by atoms with van der Waals surface area (Å²) in [6.45, 7) is 2.00. The molecule has 3 heterocycles. The maximum absolute atomic E-state index is 4.47. The highest BCUT2D eigenvalue weighted by Gasteiger charge is 2.09.